The Morgan fingerprint density at radius 1 is 1.00 bits per heavy atom. The largest absolute Gasteiger partial charge is 0.305 e. The van der Waals surface area contributed by atoms with E-state index < -0.39 is 0 Å². The number of thioether (sulfide) groups is 1. The maximum Gasteiger partial charge on any atom is 0.0577 e. The molecule has 0 amide bonds. The molecule has 1 unspecified atom stereocenters. The van der Waals surface area contributed by atoms with Crippen molar-refractivity contribution in [2.45, 2.75) is 13.0 Å². The van der Waals surface area contributed by atoms with Gasteiger partial charge in [-0.25, -0.2) is 0 Å². The summed E-state index contributed by atoms with van der Waals surface area (Å²) in [5.74, 6) is 1.13. The van der Waals surface area contributed by atoms with Crippen LogP contribution in [0.15, 0.2) is 54.6 Å². The van der Waals surface area contributed by atoms with E-state index in [-0.39, 0.29) is 6.04 Å². The maximum atomic E-state index is 3.66. The first-order valence-corrected chi connectivity index (χ1v) is 8.04. The minimum absolute atomic E-state index is 0.285. The fraction of sp³-hybridized carbons (Fsp3) is 0.294. The van der Waals surface area contributed by atoms with Gasteiger partial charge < -0.3 is 5.32 Å². The standard InChI is InChI=1S/C17H21NS/c1-14-7-6-10-16(13-14)17(18-11-12-19-2)15-8-4-3-5-9-15/h3-10,13,17-18H,11-12H2,1-2H3. The van der Waals surface area contributed by atoms with Gasteiger partial charge in [-0.3, -0.25) is 0 Å². The normalized spacial score (nSPS) is 12.3. The van der Waals surface area contributed by atoms with E-state index in [1.54, 1.807) is 0 Å². The second-order valence-electron chi connectivity index (χ2n) is 4.70. The van der Waals surface area contributed by atoms with E-state index in [4.69, 9.17) is 0 Å². The van der Waals surface area contributed by atoms with Crippen molar-refractivity contribution in [1.29, 1.82) is 0 Å². The first-order chi connectivity index (χ1) is 9.31. The molecule has 2 rings (SSSR count). The van der Waals surface area contributed by atoms with Gasteiger partial charge in [0, 0.05) is 12.3 Å². The molecule has 1 atom stereocenters. The lowest BCUT2D eigenvalue weighted by atomic mass is 9.97. The molecule has 0 aliphatic heterocycles. The first-order valence-electron chi connectivity index (χ1n) is 6.65. The van der Waals surface area contributed by atoms with E-state index >= 15 is 0 Å². The third kappa shape index (κ3) is 4.12. The molecular formula is C17H21NS. The Kier molecular flexibility index (Phi) is 5.49. The Bertz CT molecular complexity index is 496. The highest BCUT2D eigenvalue weighted by Gasteiger charge is 2.12. The van der Waals surface area contributed by atoms with E-state index in [2.05, 4.69) is 73.1 Å². The molecule has 1 nitrogen and oxygen atoms in total. The second-order valence-corrected chi connectivity index (χ2v) is 5.69. The van der Waals surface area contributed by atoms with Gasteiger partial charge in [-0.05, 0) is 24.3 Å². The number of rotatable bonds is 6. The summed E-state index contributed by atoms with van der Waals surface area (Å²) in [6.45, 7) is 3.17. The average Bonchev–Trinajstić information content (AvgIpc) is 2.45. The van der Waals surface area contributed by atoms with Crippen molar-refractivity contribution in [2.24, 2.45) is 0 Å². The minimum Gasteiger partial charge on any atom is -0.305 e. The van der Waals surface area contributed by atoms with Gasteiger partial charge in [-0.1, -0.05) is 60.2 Å². The first kappa shape index (κ1) is 14.2. The summed E-state index contributed by atoms with van der Waals surface area (Å²) in [5.41, 5.74) is 3.98. The maximum absolute atomic E-state index is 3.66. The van der Waals surface area contributed by atoms with Crippen LogP contribution in [0.3, 0.4) is 0 Å². The van der Waals surface area contributed by atoms with E-state index in [9.17, 15) is 0 Å². The van der Waals surface area contributed by atoms with Gasteiger partial charge in [0.15, 0.2) is 0 Å². The highest BCUT2D eigenvalue weighted by molar-refractivity contribution is 7.98. The quantitative estimate of drug-likeness (QED) is 0.796. The van der Waals surface area contributed by atoms with Gasteiger partial charge in [-0.15, -0.1) is 0 Å². The predicted octanol–water partition coefficient (Wildman–Crippen LogP) is 4.04. The molecule has 100 valence electrons. The number of hydrogen-bond acceptors (Lipinski definition) is 2. The average molecular weight is 271 g/mol. The monoisotopic (exact) mass is 271 g/mol. The van der Waals surface area contributed by atoms with E-state index in [1.165, 1.54) is 16.7 Å². The van der Waals surface area contributed by atoms with Crippen molar-refractivity contribution < 1.29 is 0 Å². The van der Waals surface area contributed by atoms with Gasteiger partial charge in [0.1, 0.15) is 0 Å². The Labute approximate surface area is 120 Å². The molecule has 2 heteroatoms. The van der Waals surface area contributed by atoms with Gasteiger partial charge in [0.2, 0.25) is 0 Å². The predicted molar refractivity (Wildman–Crippen MR) is 85.8 cm³/mol. The summed E-state index contributed by atoms with van der Waals surface area (Å²) in [4.78, 5) is 0. The summed E-state index contributed by atoms with van der Waals surface area (Å²) in [6.07, 6.45) is 2.14. The molecule has 0 spiro atoms. The number of nitrogens with one attached hydrogen (secondary N) is 1. The number of benzene rings is 2. The third-order valence-electron chi connectivity index (χ3n) is 3.16. The zero-order valence-electron chi connectivity index (χ0n) is 11.6. The van der Waals surface area contributed by atoms with Gasteiger partial charge in [-0.2, -0.15) is 11.8 Å². The lowest BCUT2D eigenvalue weighted by molar-refractivity contribution is 0.634. The molecule has 0 bridgehead atoms. The van der Waals surface area contributed by atoms with Crippen LogP contribution in [0.5, 0.6) is 0 Å². The van der Waals surface area contributed by atoms with Crippen LogP contribution in [0, 0.1) is 6.92 Å². The zero-order valence-corrected chi connectivity index (χ0v) is 12.4. The molecule has 0 aliphatic rings. The minimum atomic E-state index is 0.285. The van der Waals surface area contributed by atoms with Crippen LogP contribution >= 0.6 is 11.8 Å². The highest BCUT2D eigenvalue weighted by atomic mass is 32.2. The van der Waals surface area contributed by atoms with Crippen LogP contribution in [0.2, 0.25) is 0 Å². The fourth-order valence-electron chi connectivity index (χ4n) is 2.23. The van der Waals surface area contributed by atoms with Crippen LogP contribution in [0.1, 0.15) is 22.7 Å². The Morgan fingerprint density at radius 3 is 2.42 bits per heavy atom. The van der Waals surface area contributed by atoms with E-state index in [0.29, 0.717) is 0 Å². The summed E-state index contributed by atoms with van der Waals surface area (Å²) < 4.78 is 0. The van der Waals surface area contributed by atoms with Crippen LogP contribution in [0.25, 0.3) is 0 Å². The van der Waals surface area contributed by atoms with Crippen molar-refractivity contribution in [3.63, 3.8) is 0 Å². The molecule has 0 aliphatic carbocycles. The van der Waals surface area contributed by atoms with Crippen molar-refractivity contribution in [1.82, 2.24) is 5.32 Å². The Balaban J connectivity index is 2.24. The molecule has 0 saturated carbocycles. The molecule has 1 N–H and O–H groups in total. The van der Waals surface area contributed by atoms with E-state index in [1.807, 2.05) is 11.8 Å². The molecular weight excluding hydrogens is 250 g/mol. The van der Waals surface area contributed by atoms with Crippen LogP contribution in [-0.2, 0) is 0 Å². The number of hydrogen-bond donors (Lipinski definition) is 1. The zero-order chi connectivity index (χ0) is 13.5. The molecule has 19 heavy (non-hydrogen) atoms. The summed E-state index contributed by atoms with van der Waals surface area (Å²) in [5, 5.41) is 3.66. The Morgan fingerprint density at radius 2 is 1.74 bits per heavy atom. The number of aryl methyl sites for hydroxylation is 1. The molecule has 2 aromatic carbocycles. The van der Waals surface area contributed by atoms with Gasteiger partial charge in [0.05, 0.1) is 6.04 Å². The van der Waals surface area contributed by atoms with Crippen molar-refractivity contribution in [2.75, 3.05) is 18.6 Å². The summed E-state index contributed by atoms with van der Waals surface area (Å²) in [6, 6.07) is 19.7. The van der Waals surface area contributed by atoms with Crippen molar-refractivity contribution in [3.8, 4) is 0 Å². The molecule has 0 aromatic heterocycles. The topological polar surface area (TPSA) is 12.0 Å². The fourth-order valence-corrected chi connectivity index (χ4v) is 2.55. The van der Waals surface area contributed by atoms with Crippen LogP contribution in [-0.4, -0.2) is 18.6 Å². The van der Waals surface area contributed by atoms with Crippen molar-refractivity contribution >= 4 is 11.8 Å². The molecule has 0 fully saturated rings. The highest BCUT2D eigenvalue weighted by Crippen LogP contribution is 2.22. The van der Waals surface area contributed by atoms with Gasteiger partial charge in [0.25, 0.3) is 0 Å². The second kappa shape index (κ2) is 7.37. The summed E-state index contributed by atoms with van der Waals surface area (Å²) in [7, 11) is 0. The third-order valence-corrected chi connectivity index (χ3v) is 3.78. The molecule has 0 saturated heterocycles. The van der Waals surface area contributed by atoms with Gasteiger partial charge >= 0.3 is 0 Å². The lowest BCUT2D eigenvalue weighted by Crippen LogP contribution is -2.24. The van der Waals surface area contributed by atoms with Crippen LogP contribution in [0.4, 0.5) is 0 Å². The van der Waals surface area contributed by atoms with Crippen LogP contribution < -0.4 is 5.32 Å². The summed E-state index contributed by atoms with van der Waals surface area (Å²) >= 11 is 1.87. The van der Waals surface area contributed by atoms with E-state index in [0.717, 1.165) is 12.3 Å². The molecule has 2 aromatic rings. The molecule has 0 heterocycles. The lowest BCUT2D eigenvalue weighted by Gasteiger charge is -2.20. The van der Waals surface area contributed by atoms with Crippen molar-refractivity contribution in [3.05, 3.63) is 71.3 Å². The Hall–Kier alpha value is -1.25. The smallest absolute Gasteiger partial charge is 0.0577 e. The molecule has 0 radical (unpaired) electrons. The SMILES string of the molecule is CSCCNC(c1ccccc1)c1cccc(C)c1.